The van der Waals surface area contributed by atoms with Crippen molar-refractivity contribution < 1.29 is 14.3 Å². The normalized spacial score (nSPS) is 15.7. The van der Waals surface area contributed by atoms with Crippen LogP contribution in [-0.4, -0.2) is 36.4 Å². The third-order valence-electron chi connectivity index (χ3n) is 5.08. The standard InChI is InChI=1S/C23H28N2O3/c1-16-12-17(2)14-20(13-16)28-11-9-24-23(27)15-22-21-7-5-4-6-19(21)8-10-25(22)18(3)26/h4-7,12-14,22H,8-11,15H2,1-3H3,(H,24,27). The topological polar surface area (TPSA) is 58.6 Å². The lowest BCUT2D eigenvalue weighted by Crippen LogP contribution is -2.41. The SMILES string of the molecule is CC(=O)N1CCc2ccccc2C1CC(=O)NCCOc1cc(C)cc(C)c1. The van der Waals surface area contributed by atoms with Crippen LogP contribution < -0.4 is 10.1 Å². The van der Waals surface area contributed by atoms with E-state index in [0.29, 0.717) is 19.7 Å². The lowest BCUT2D eigenvalue weighted by molar-refractivity contribution is -0.133. The van der Waals surface area contributed by atoms with Gasteiger partial charge in [-0.15, -0.1) is 0 Å². The molecule has 2 aromatic rings. The molecule has 0 aromatic heterocycles. The summed E-state index contributed by atoms with van der Waals surface area (Å²) in [5.74, 6) is 0.748. The second-order valence-corrected chi connectivity index (χ2v) is 7.40. The first-order chi connectivity index (χ1) is 13.4. The van der Waals surface area contributed by atoms with Crippen molar-refractivity contribution in [3.8, 4) is 5.75 Å². The van der Waals surface area contributed by atoms with Crippen molar-refractivity contribution >= 4 is 11.8 Å². The van der Waals surface area contributed by atoms with Crippen LogP contribution in [0.5, 0.6) is 5.75 Å². The van der Waals surface area contributed by atoms with E-state index in [9.17, 15) is 9.59 Å². The molecule has 1 aliphatic rings. The third kappa shape index (κ3) is 4.91. The van der Waals surface area contributed by atoms with E-state index in [-0.39, 0.29) is 24.3 Å². The number of rotatable bonds is 6. The van der Waals surface area contributed by atoms with Crippen LogP contribution in [0.15, 0.2) is 42.5 Å². The highest BCUT2D eigenvalue weighted by Gasteiger charge is 2.30. The minimum Gasteiger partial charge on any atom is -0.492 e. The van der Waals surface area contributed by atoms with Gasteiger partial charge in [0.1, 0.15) is 12.4 Å². The van der Waals surface area contributed by atoms with Crippen LogP contribution in [0.2, 0.25) is 0 Å². The van der Waals surface area contributed by atoms with Crippen LogP contribution in [0.25, 0.3) is 0 Å². The summed E-state index contributed by atoms with van der Waals surface area (Å²) < 4.78 is 5.74. The van der Waals surface area contributed by atoms with E-state index in [0.717, 1.165) is 28.9 Å². The molecular formula is C23H28N2O3. The minimum atomic E-state index is -0.206. The number of ether oxygens (including phenoxy) is 1. The maximum atomic E-state index is 12.5. The Morgan fingerprint density at radius 3 is 2.57 bits per heavy atom. The van der Waals surface area contributed by atoms with Crippen molar-refractivity contribution in [3.63, 3.8) is 0 Å². The minimum absolute atomic E-state index is 0.00505. The molecule has 1 aliphatic heterocycles. The van der Waals surface area contributed by atoms with Gasteiger partial charge in [0.2, 0.25) is 11.8 Å². The van der Waals surface area contributed by atoms with Gasteiger partial charge in [-0.1, -0.05) is 30.3 Å². The van der Waals surface area contributed by atoms with Crippen molar-refractivity contribution in [2.24, 2.45) is 0 Å². The van der Waals surface area contributed by atoms with Gasteiger partial charge < -0.3 is 15.0 Å². The fourth-order valence-electron chi connectivity index (χ4n) is 3.87. The van der Waals surface area contributed by atoms with Crippen LogP contribution >= 0.6 is 0 Å². The summed E-state index contributed by atoms with van der Waals surface area (Å²) in [7, 11) is 0. The van der Waals surface area contributed by atoms with Crippen molar-refractivity contribution in [1.29, 1.82) is 0 Å². The summed E-state index contributed by atoms with van der Waals surface area (Å²) >= 11 is 0. The molecule has 5 nitrogen and oxygen atoms in total. The second kappa shape index (κ2) is 8.91. The summed E-state index contributed by atoms with van der Waals surface area (Å²) in [5, 5.41) is 2.92. The molecule has 0 fully saturated rings. The largest absolute Gasteiger partial charge is 0.492 e. The average Bonchev–Trinajstić information content (AvgIpc) is 2.64. The van der Waals surface area contributed by atoms with E-state index in [1.807, 2.05) is 44.2 Å². The molecule has 28 heavy (non-hydrogen) atoms. The van der Waals surface area contributed by atoms with Crippen molar-refractivity contribution in [3.05, 3.63) is 64.7 Å². The Morgan fingerprint density at radius 2 is 1.86 bits per heavy atom. The highest BCUT2D eigenvalue weighted by atomic mass is 16.5. The molecule has 2 aromatic carbocycles. The second-order valence-electron chi connectivity index (χ2n) is 7.40. The lowest BCUT2D eigenvalue weighted by atomic mass is 9.90. The van der Waals surface area contributed by atoms with Gasteiger partial charge in [0, 0.05) is 13.5 Å². The summed E-state index contributed by atoms with van der Waals surface area (Å²) in [4.78, 5) is 26.4. The molecular weight excluding hydrogens is 352 g/mol. The maximum Gasteiger partial charge on any atom is 0.222 e. The number of carbonyl (C=O) groups is 2. The fourth-order valence-corrected chi connectivity index (χ4v) is 3.87. The predicted molar refractivity (Wildman–Crippen MR) is 109 cm³/mol. The first-order valence-corrected chi connectivity index (χ1v) is 9.77. The van der Waals surface area contributed by atoms with Gasteiger partial charge in [-0.3, -0.25) is 9.59 Å². The number of amides is 2. The van der Waals surface area contributed by atoms with E-state index in [4.69, 9.17) is 4.74 Å². The monoisotopic (exact) mass is 380 g/mol. The Balaban J connectivity index is 1.55. The first kappa shape index (κ1) is 19.9. The van der Waals surface area contributed by atoms with Crippen molar-refractivity contribution in [2.45, 2.75) is 39.7 Å². The van der Waals surface area contributed by atoms with E-state index >= 15 is 0 Å². The number of hydrogen-bond donors (Lipinski definition) is 1. The third-order valence-corrected chi connectivity index (χ3v) is 5.08. The van der Waals surface area contributed by atoms with Crippen molar-refractivity contribution in [1.82, 2.24) is 10.2 Å². The van der Waals surface area contributed by atoms with Gasteiger partial charge in [-0.25, -0.2) is 0 Å². The van der Waals surface area contributed by atoms with Crippen LogP contribution in [0.1, 0.15) is 41.6 Å². The molecule has 1 heterocycles. The van der Waals surface area contributed by atoms with Crippen LogP contribution in [0.4, 0.5) is 0 Å². The summed E-state index contributed by atoms with van der Waals surface area (Å²) in [6, 6.07) is 13.9. The quantitative estimate of drug-likeness (QED) is 0.782. The van der Waals surface area contributed by atoms with Gasteiger partial charge in [0.05, 0.1) is 19.0 Å². The number of nitrogens with zero attached hydrogens (tertiary/aromatic N) is 1. The van der Waals surface area contributed by atoms with Crippen LogP contribution in [-0.2, 0) is 16.0 Å². The van der Waals surface area contributed by atoms with Gasteiger partial charge in [-0.05, 0) is 54.7 Å². The van der Waals surface area contributed by atoms with Gasteiger partial charge >= 0.3 is 0 Å². The summed E-state index contributed by atoms with van der Waals surface area (Å²) in [5.41, 5.74) is 4.60. The Kier molecular flexibility index (Phi) is 6.34. The lowest BCUT2D eigenvalue weighted by Gasteiger charge is -2.36. The zero-order valence-electron chi connectivity index (χ0n) is 16.8. The Morgan fingerprint density at radius 1 is 1.14 bits per heavy atom. The summed E-state index contributed by atoms with van der Waals surface area (Å²) in [6.45, 7) is 7.12. The molecule has 0 bridgehead atoms. The van der Waals surface area contributed by atoms with Gasteiger partial charge in [-0.2, -0.15) is 0 Å². The number of hydrogen-bond acceptors (Lipinski definition) is 3. The number of carbonyl (C=O) groups excluding carboxylic acids is 2. The molecule has 148 valence electrons. The number of benzene rings is 2. The molecule has 3 rings (SSSR count). The average molecular weight is 380 g/mol. The zero-order chi connectivity index (χ0) is 20.1. The Hall–Kier alpha value is -2.82. The maximum absolute atomic E-state index is 12.5. The van der Waals surface area contributed by atoms with Crippen molar-refractivity contribution in [2.75, 3.05) is 19.7 Å². The van der Waals surface area contributed by atoms with E-state index in [1.165, 1.54) is 5.56 Å². The number of nitrogens with one attached hydrogen (secondary N) is 1. The molecule has 5 heteroatoms. The molecule has 2 amide bonds. The summed E-state index contributed by atoms with van der Waals surface area (Å²) in [6.07, 6.45) is 1.10. The Labute approximate surface area is 166 Å². The highest BCUT2D eigenvalue weighted by Crippen LogP contribution is 2.32. The highest BCUT2D eigenvalue weighted by molar-refractivity contribution is 5.79. The van der Waals surface area contributed by atoms with Gasteiger partial charge in [0.15, 0.2) is 0 Å². The van der Waals surface area contributed by atoms with Crippen LogP contribution in [0.3, 0.4) is 0 Å². The van der Waals surface area contributed by atoms with Crippen LogP contribution in [0, 0.1) is 13.8 Å². The molecule has 0 radical (unpaired) electrons. The smallest absolute Gasteiger partial charge is 0.222 e. The van der Waals surface area contributed by atoms with E-state index < -0.39 is 0 Å². The fraction of sp³-hybridized carbons (Fsp3) is 0.391. The zero-order valence-corrected chi connectivity index (χ0v) is 16.8. The molecule has 1 atom stereocenters. The molecule has 0 spiro atoms. The molecule has 0 aliphatic carbocycles. The molecule has 0 saturated heterocycles. The van der Waals surface area contributed by atoms with Gasteiger partial charge in [0.25, 0.3) is 0 Å². The predicted octanol–water partition coefficient (Wildman–Crippen LogP) is 3.33. The number of fused-ring (bicyclic) bond motifs is 1. The molecule has 1 N–H and O–H groups in total. The first-order valence-electron chi connectivity index (χ1n) is 9.77. The van der Waals surface area contributed by atoms with E-state index in [1.54, 1.807) is 11.8 Å². The number of aryl methyl sites for hydroxylation is 2. The Bertz CT molecular complexity index is 842. The molecule has 0 saturated carbocycles. The van der Waals surface area contributed by atoms with E-state index in [2.05, 4.69) is 17.4 Å². The molecule has 1 unspecified atom stereocenters.